The van der Waals surface area contributed by atoms with Crippen LogP contribution in [-0.4, -0.2) is 43.3 Å². The van der Waals surface area contributed by atoms with Crippen molar-refractivity contribution in [1.29, 1.82) is 0 Å². The molecule has 0 spiro atoms. The second-order valence-corrected chi connectivity index (χ2v) is 14.3. The van der Waals surface area contributed by atoms with Gasteiger partial charge in [0.05, 0.1) is 19.5 Å². The number of hydrogen-bond acceptors (Lipinski definition) is 7. The van der Waals surface area contributed by atoms with Crippen LogP contribution in [-0.2, 0) is 27.9 Å². The molecular weight excluding hydrogens is 673 g/mol. The predicted molar refractivity (Wildman–Crippen MR) is 219 cm³/mol. The Balaban J connectivity index is 4.26. The number of phosphoric ester groups is 1. The van der Waals surface area contributed by atoms with Gasteiger partial charge in [0.25, 0.3) is 0 Å². The largest absolute Gasteiger partial charge is 0.492 e. The van der Waals surface area contributed by atoms with E-state index in [1.807, 2.05) is 6.08 Å². The van der Waals surface area contributed by atoms with Gasteiger partial charge in [0.2, 0.25) is 0 Å². The SMILES string of the molecule is CC/C=C\C/C=C\C/C=C\C/C=C\C/C=C\CCCC(=O)OC[C@H](COP(=O)(O)OCCN)O/C=C\CCCCCC/C=C\CCCCCCCC. The highest BCUT2D eigenvalue weighted by molar-refractivity contribution is 7.47. The quantitative estimate of drug-likeness (QED) is 0.0212. The van der Waals surface area contributed by atoms with Gasteiger partial charge in [-0.25, -0.2) is 4.57 Å². The van der Waals surface area contributed by atoms with Crippen molar-refractivity contribution < 1.29 is 32.8 Å². The number of unbranched alkanes of at least 4 members (excludes halogenated alkanes) is 12. The molecule has 0 amide bonds. The van der Waals surface area contributed by atoms with E-state index in [0.29, 0.717) is 6.42 Å². The van der Waals surface area contributed by atoms with Gasteiger partial charge < -0.3 is 20.1 Å². The number of phosphoric acid groups is 1. The van der Waals surface area contributed by atoms with E-state index < -0.39 is 13.9 Å². The van der Waals surface area contributed by atoms with E-state index in [0.717, 1.165) is 64.2 Å². The minimum absolute atomic E-state index is 0.0871. The van der Waals surface area contributed by atoms with E-state index in [2.05, 4.69) is 86.8 Å². The van der Waals surface area contributed by atoms with Crippen LogP contribution in [0.3, 0.4) is 0 Å². The second-order valence-electron chi connectivity index (χ2n) is 12.8. The molecule has 0 aromatic rings. The average molecular weight is 748 g/mol. The van der Waals surface area contributed by atoms with Crippen molar-refractivity contribution in [2.24, 2.45) is 5.73 Å². The number of hydrogen-bond donors (Lipinski definition) is 2. The van der Waals surface area contributed by atoms with Crippen molar-refractivity contribution in [1.82, 2.24) is 0 Å². The summed E-state index contributed by atoms with van der Waals surface area (Å²) in [5.74, 6) is -0.353. The Labute approximate surface area is 318 Å². The molecule has 1 unspecified atom stereocenters. The molecular formula is C43H74NO7P. The summed E-state index contributed by atoms with van der Waals surface area (Å²) in [5, 5.41) is 0. The molecule has 0 aliphatic rings. The molecule has 0 fully saturated rings. The van der Waals surface area contributed by atoms with Crippen molar-refractivity contribution in [3.05, 3.63) is 85.3 Å². The first-order chi connectivity index (χ1) is 25.4. The molecule has 0 saturated carbocycles. The zero-order valence-electron chi connectivity index (χ0n) is 32.8. The number of carbonyl (C=O) groups is 1. The van der Waals surface area contributed by atoms with Crippen LogP contribution in [0.2, 0.25) is 0 Å². The number of carbonyl (C=O) groups excluding carboxylic acids is 1. The number of nitrogens with two attached hydrogens (primary N) is 1. The molecule has 0 saturated heterocycles. The van der Waals surface area contributed by atoms with Crippen molar-refractivity contribution in [2.45, 2.75) is 155 Å². The van der Waals surface area contributed by atoms with Gasteiger partial charge in [-0.1, -0.05) is 132 Å². The number of ether oxygens (including phenoxy) is 2. The van der Waals surface area contributed by atoms with Gasteiger partial charge in [0, 0.05) is 13.0 Å². The van der Waals surface area contributed by atoms with Crippen LogP contribution >= 0.6 is 7.82 Å². The predicted octanol–water partition coefficient (Wildman–Crippen LogP) is 12.1. The summed E-state index contributed by atoms with van der Waals surface area (Å²) >= 11 is 0. The number of allylic oxidation sites excluding steroid dienone is 13. The minimum Gasteiger partial charge on any atom is -0.492 e. The molecule has 8 nitrogen and oxygen atoms in total. The summed E-state index contributed by atoms with van der Waals surface area (Å²) in [4.78, 5) is 22.2. The summed E-state index contributed by atoms with van der Waals surface area (Å²) in [6.45, 7) is 3.99. The van der Waals surface area contributed by atoms with E-state index >= 15 is 0 Å². The molecule has 52 heavy (non-hydrogen) atoms. The van der Waals surface area contributed by atoms with E-state index in [-0.39, 0.29) is 38.8 Å². The van der Waals surface area contributed by atoms with Crippen LogP contribution in [0.25, 0.3) is 0 Å². The van der Waals surface area contributed by atoms with Gasteiger partial charge in [-0.15, -0.1) is 0 Å². The molecule has 0 aliphatic heterocycles. The lowest BCUT2D eigenvalue weighted by molar-refractivity contribution is -0.147. The van der Waals surface area contributed by atoms with Gasteiger partial charge in [-0.05, 0) is 89.5 Å². The molecule has 0 bridgehead atoms. The molecule has 0 radical (unpaired) electrons. The van der Waals surface area contributed by atoms with E-state index in [9.17, 15) is 14.3 Å². The molecule has 9 heteroatoms. The lowest BCUT2D eigenvalue weighted by atomic mass is 10.1. The Morgan fingerprint density at radius 1 is 0.615 bits per heavy atom. The minimum atomic E-state index is -4.29. The Morgan fingerprint density at radius 2 is 1.10 bits per heavy atom. The fraction of sp³-hybridized carbons (Fsp3) is 0.651. The summed E-state index contributed by atoms with van der Waals surface area (Å²) in [5.41, 5.74) is 5.35. The summed E-state index contributed by atoms with van der Waals surface area (Å²) in [6, 6.07) is 0. The smallest absolute Gasteiger partial charge is 0.472 e. The highest BCUT2D eigenvalue weighted by Gasteiger charge is 2.24. The summed E-state index contributed by atoms with van der Waals surface area (Å²) in [7, 11) is -4.29. The van der Waals surface area contributed by atoms with Gasteiger partial charge in [0.1, 0.15) is 6.61 Å². The highest BCUT2D eigenvalue weighted by Crippen LogP contribution is 2.43. The van der Waals surface area contributed by atoms with Crippen LogP contribution in [0.4, 0.5) is 0 Å². The third-order valence-electron chi connectivity index (χ3n) is 7.89. The van der Waals surface area contributed by atoms with E-state index in [4.69, 9.17) is 24.3 Å². The van der Waals surface area contributed by atoms with Crippen molar-refractivity contribution in [3.63, 3.8) is 0 Å². The Kier molecular flexibility index (Phi) is 37.8. The normalized spacial score (nSPS) is 14.4. The highest BCUT2D eigenvalue weighted by atomic mass is 31.2. The molecule has 3 N–H and O–H groups in total. The Morgan fingerprint density at radius 3 is 1.65 bits per heavy atom. The van der Waals surface area contributed by atoms with Crippen molar-refractivity contribution in [3.8, 4) is 0 Å². The molecule has 2 atom stereocenters. The van der Waals surface area contributed by atoms with Gasteiger partial charge >= 0.3 is 13.8 Å². The van der Waals surface area contributed by atoms with Crippen molar-refractivity contribution in [2.75, 3.05) is 26.4 Å². The topological polar surface area (TPSA) is 117 Å². The van der Waals surface area contributed by atoms with Crippen molar-refractivity contribution >= 4 is 13.8 Å². The second kappa shape index (κ2) is 39.7. The molecule has 0 rings (SSSR count). The molecule has 0 aliphatic carbocycles. The van der Waals surface area contributed by atoms with Crippen LogP contribution in [0, 0.1) is 0 Å². The Hall–Kier alpha value is -2.48. The fourth-order valence-electron chi connectivity index (χ4n) is 4.89. The number of rotatable bonds is 37. The van der Waals surface area contributed by atoms with Crippen LogP contribution in [0.1, 0.15) is 149 Å². The zero-order valence-corrected chi connectivity index (χ0v) is 33.7. The maximum absolute atomic E-state index is 12.4. The average Bonchev–Trinajstić information content (AvgIpc) is 3.14. The lowest BCUT2D eigenvalue weighted by Crippen LogP contribution is -2.25. The Bertz CT molecular complexity index is 1060. The van der Waals surface area contributed by atoms with E-state index in [1.54, 1.807) is 6.26 Å². The zero-order chi connectivity index (χ0) is 38.1. The first-order valence-corrected chi connectivity index (χ1v) is 21.6. The standard InChI is InChI=1S/C43H74NO7P/c1-3-5-7-9-11-13-15-17-19-21-22-24-26-28-30-32-34-36-43(45)49-40-42(41-51-52(46,47)50-39-37-44)48-38-35-33-31-29-27-25-23-20-18-16-14-12-10-8-6-4-2/h5,7,11,13,17-20,22,24,28,30,35,38,42H,3-4,6,8-10,12,14-16,21,23,25-27,29,31-34,36-37,39-41,44H2,1-2H3,(H,46,47)/b7-5-,13-11-,19-17-,20-18-,24-22-,30-28-,38-35-/t42-/m1/s1. The van der Waals surface area contributed by atoms with E-state index in [1.165, 1.54) is 57.8 Å². The summed E-state index contributed by atoms with van der Waals surface area (Å²) < 4.78 is 33.1. The van der Waals surface area contributed by atoms with Gasteiger partial charge in [0.15, 0.2) is 6.10 Å². The van der Waals surface area contributed by atoms with Gasteiger partial charge in [-0.2, -0.15) is 0 Å². The third kappa shape index (κ3) is 38.7. The van der Waals surface area contributed by atoms with Crippen LogP contribution in [0.5, 0.6) is 0 Å². The third-order valence-corrected chi connectivity index (χ3v) is 8.87. The lowest BCUT2D eigenvalue weighted by Gasteiger charge is -2.19. The maximum Gasteiger partial charge on any atom is 0.472 e. The first kappa shape index (κ1) is 49.5. The monoisotopic (exact) mass is 748 g/mol. The molecule has 0 heterocycles. The van der Waals surface area contributed by atoms with Crippen LogP contribution in [0.15, 0.2) is 85.3 Å². The number of esters is 1. The molecule has 298 valence electrons. The first-order valence-electron chi connectivity index (χ1n) is 20.1. The van der Waals surface area contributed by atoms with Crippen LogP contribution < -0.4 is 5.73 Å². The van der Waals surface area contributed by atoms with Gasteiger partial charge in [-0.3, -0.25) is 13.8 Å². The summed E-state index contributed by atoms with van der Waals surface area (Å²) in [6.07, 6.45) is 51.3. The maximum atomic E-state index is 12.4. The fourth-order valence-corrected chi connectivity index (χ4v) is 5.66. The molecule has 0 aromatic heterocycles. The molecule has 0 aromatic carbocycles.